The molecule has 2 aromatic heterocycles. The van der Waals surface area contributed by atoms with Crippen molar-refractivity contribution in [2.45, 2.75) is 32.7 Å². The molecule has 2 aromatic rings. The van der Waals surface area contributed by atoms with Crippen LogP contribution in [0.2, 0.25) is 0 Å². The Balaban J connectivity index is 1.80. The number of nitrogens with one attached hydrogen (secondary N) is 2. The molecular weight excluding hydrogens is 268 g/mol. The van der Waals surface area contributed by atoms with E-state index in [0.717, 1.165) is 30.7 Å². The number of hydrogen-bond donors (Lipinski definition) is 2. The van der Waals surface area contributed by atoms with E-state index in [9.17, 15) is 4.79 Å². The van der Waals surface area contributed by atoms with Crippen molar-refractivity contribution < 1.29 is 4.79 Å². The van der Waals surface area contributed by atoms with Crippen LogP contribution < -0.4 is 10.2 Å². The van der Waals surface area contributed by atoms with E-state index in [1.165, 1.54) is 6.33 Å². The van der Waals surface area contributed by atoms with Gasteiger partial charge in [-0.2, -0.15) is 0 Å². The van der Waals surface area contributed by atoms with Crippen LogP contribution in [0.25, 0.3) is 11.2 Å². The predicted octanol–water partition coefficient (Wildman–Crippen LogP) is 1.09. The molecule has 1 aliphatic heterocycles. The molecule has 0 unspecified atom stereocenters. The van der Waals surface area contributed by atoms with Gasteiger partial charge in [0.05, 0.1) is 12.2 Å². The number of anilines is 1. The average Bonchev–Trinajstić information content (AvgIpc) is 2.95. The Morgan fingerprint density at radius 2 is 2.29 bits per heavy atom. The van der Waals surface area contributed by atoms with Crippen LogP contribution in [0.15, 0.2) is 12.7 Å². The molecule has 1 atom stereocenters. The van der Waals surface area contributed by atoms with Gasteiger partial charge in [0.2, 0.25) is 5.91 Å². The van der Waals surface area contributed by atoms with Crippen molar-refractivity contribution in [1.29, 1.82) is 0 Å². The Kier molecular flexibility index (Phi) is 3.72. The van der Waals surface area contributed by atoms with Gasteiger partial charge in [0.15, 0.2) is 11.5 Å². The number of hydrogen-bond acceptors (Lipinski definition) is 5. The number of rotatable bonds is 3. The minimum atomic E-state index is 0.00841. The van der Waals surface area contributed by atoms with E-state index in [1.54, 1.807) is 6.33 Å². The Morgan fingerprint density at radius 3 is 3.10 bits per heavy atom. The largest absolute Gasteiger partial charge is 0.354 e. The van der Waals surface area contributed by atoms with Crippen LogP contribution in [0.3, 0.4) is 0 Å². The first-order chi connectivity index (χ1) is 10.1. The predicted molar refractivity (Wildman–Crippen MR) is 79.9 cm³/mol. The standard InChI is InChI=1S/C14H20N6O/c1-9(2)19-14(21)10-4-3-5-20(6-10)13-11-12(16-7-15-11)17-8-18-13/h7-10H,3-6H2,1-2H3,(H,19,21)(H,15,16,17,18)/t10-/m1/s1. The minimum absolute atomic E-state index is 0.00841. The molecule has 3 rings (SSSR count). The van der Waals surface area contributed by atoms with E-state index in [4.69, 9.17) is 0 Å². The second-order valence-corrected chi connectivity index (χ2v) is 5.75. The first-order valence-electron chi connectivity index (χ1n) is 7.34. The van der Waals surface area contributed by atoms with E-state index in [2.05, 4.69) is 30.2 Å². The van der Waals surface area contributed by atoms with Crippen LogP contribution in [0.4, 0.5) is 5.82 Å². The van der Waals surface area contributed by atoms with E-state index in [0.29, 0.717) is 12.2 Å². The fourth-order valence-electron chi connectivity index (χ4n) is 2.78. The first-order valence-corrected chi connectivity index (χ1v) is 7.34. The van der Waals surface area contributed by atoms with Gasteiger partial charge in [-0.05, 0) is 26.7 Å². The van der Waals surface area contributed by atoms with Crippen LogP contribution in [0.1, 0.15) is 26.7 Å². The van der Waals surface area contributed by atoms with Gasteiger partial charge in [0.25, 0.3) is 0 Å². The maximum absolute atomic E-state index is 12.2. The molecule has 1 saturated heterocycles. The third kappa shape index (κ3) is 2.81. The van der Waals surface area contributed by atoms with E-state index in [-0.39, 0.29) is 17.9 Å². The number of H-pyrrole nitrogens is 1. The number of imidazole rings is 1. The number of piperidine rings is 1. The molecule has 112 valence electrons. The normalized spacial score (nSPS) is 19.2. The summed E-state index contributed by atoms with van der Waals surface area (Å²) in [6.07, 6.45) is 5.05. The average molecular weight is 288 g/mol. The van der Waals surface area contributed by atoms with Crippen molar-refractivity contribution in [1.82, 2.24) is 25.3 Å². The van der Waals surface area contributed by atoms with Gasteiger partial charge in [-0.1, -0.05) is 0 Å². The molecule has 7 heteroatoms. The number of aromatic amines is 1. The summed E-state index contributed by atoms with van der Waals surface area (Å²) in [7, 11) is 0. The molecule has 7 nitrogen and oxygen atoms in total. The molecule has 0 radical (unpaired) electrons. The van der Waals surface area contributed by atoms with Gasteiger partial charge < -0.3 is 15.2 Å². The molecule has 0 bridgehead atoms. The molecule has 1 aliphatic rings. The zero-order chi connectivity index (χ0) is 14.8. The molecule has 0 aromatic carbocycles. The Hall–Kier alpha value is -2.18. The van der Waals surface area contributed by atoms with Crippen molar-refractivity contribution in [2.24, 2.45) is 5.92 Å². The lowest BCUT2D eigenvalue weighted by molar-refractivity contribution is -0.125. The monoisotopic (exact) mass is 288 g/mol. The second kappa shape index (κ2) is 5.67. The van der Waals surface area contributed by atoms with Crippen LogP contribution in [0, 0.1) is 5.92 Å². The zero-order valence-corrected chi connectivity index (χ0v) is 12.3. The highest BCUT2D eigenvalue weighted by Gasteiger charge is 2.28. The van der Waals surface area contributed by atoms with Crippen LogP contribution in [0.5, 0.6) is 0 Å². The molecule has 3 heterocycles. The summed E-state index contributed by atoms with van der Waals surface area (Å²) < 4.78 is 0. The van der Waals surface area contributed by atoms with E-state index >= 15 is 0 Å². The molecule has 1 fully saturated rings. The number of aromatic nitrogens is 4. The van der Waals surface area contributed by atoms with Gasteiger partial charge in [0.1, 0.15) is 11.8 Å². The van der Waals surface area contributed by atoms with E-state index < -0.39 is 0 Å². The van der Waals surface area contributed by atoms with Crippen molar-refractivity contribution in [3.8, 4) is 0 Å². The maximum Gasteiger partial charge on any atom is 0.225 e. The van der Waals surface area contributed by atoms with Gasteiger partial charge >= 0.3 is 0 Å². The van der Waals surface area contributed by atoms with Crippen LogP contribution in [-0.4, -0.2) is 45.0 Å². The van der Waals surface area contributed by atoms with Crippen molar-refractivity contribution in [2.75, 3.05) is 18.0 Å². The first kappa shape index (κ1) is 13.8. The van der Waals surface area contributed by atoms with Gasteiger partial charge in [0, 0.05) is 19.1 Å². The number of nitrogens with zero attached hydrogens (tertiary/aromatic N) is 4. The van der Waals surface area contributed by atoms with Gasteiger partial charge in [-0.25, -0.2) is 15.0 Å². The molecule has 21 heavy (non-hydrogen) atoms. The highest BCUT2D eigenvalue weighted by molar-refractivity contribution is 5.84. The lowest BCUT2D eigenvalue weighted by Crippen LogP contribution is -2.45. The van der Waals surface area contributed by atoms with Crippen LogP contribution in [-0.2, 0) is 4.79 Å². The maximum atomic E-state index is 12.2. The fraction of sp³-hybridized carbons (Fsp3) is 0.571. The summed E-state index contributed by atoms with van der Waals surface area (Å²) in [6.45, 7) is 5.55. The topological polar surface area (TPSA) is 86.8 Å². The third-order valence-corrected chi connectivity index (χ3v) is 3.73. The smallest absolute Gasteiger partial charge is 0.225 e. The SMILES string of the molecule is CC(C)NC(=O)[C@@H]1CCCN(c2ncnc3nc[nH]c23)C1. The highest BCUT2D eigenvalue weighted by atomic mass is 16.2. The summed E-state index contributed by atoms with van der Waals surface area (Å²) in [5.74, 6) is 0.971. The number of carbonyl (C=O) groups is 1. The lowest BCUT2D eigenvalue weighted by atomic mass is 9.97. The summed E-state index contributed by atoms with van der Waals surface area (Å²) in [4.78, 5) is 30.1. The second-order valence-electron chi connectivity index (χ2n) is 5.75. The number of amides is 1. The summed E-state index contributed by atoms with van der Waals surface area (Å²) in [6, 6.07) is 0.172. The summed E-state index contributed by atoms with van der Waals surface area (Å²) >= 11 is 0. The molecular formula is C14H20N6O. The van der Waals surface area contributed by atoms with Gasteiger partial charge in [-0.3, -0.25) is 4.79 Å². The molecule has 1 amide bonds. The number of carbonyl (C=O) groups excluding carboxylic acids is 1. The van der Waals surface area contributed by atoms with Crippen molar-refractivity contribution in [3.63, 3.8) is 0 Å². The Bertz CT molecular complexity index is 637. The molecule has 0 spiro atoms. The van der Waals surface area contributed by atoms with E-state index in [1.807, 2.05) is 13.8 Å². The summed E-state index contributed by atoms with van der Waals surface area (Å²) in [5.41, 5.74) is 1.50. The highest BCUT2D eigenvalue weighted by Crippen LogP contribution is 2.25. The van der Waals surface area contributed by atoms with Crippen molar-refractivity contribution in [3.05, 3.63) is 12.7 Å². The molecule has 2 N–H and O–H groups in total. The summed E-state index contributed by atoms with van der Waals surface area (Å²) in [5, 5.41) is 3.00. The fourth-order valence-corrected chi connectivity index (χ4v) is 2.78. The molecule has 0 aliphatic carbocycles. The Labute approximate surface area is 123 Å². The lowest BCUT2D eigenvalue weighted by Gasteiger charge is -2.33. The van der Waals surface area contributed by atoms with Crippen molar-refractivity contribution >= 4 is 22.9 Å². The van der Waals surface area contributed by atoms with Crippen LogP contribution >= 0.6 is 0 Å². The minimum Gasteiger partial charge on any atom is -0.354 e. The third-order valence-electron chi connectivity index (χ3n) is 3.73. The van der Waals surface area contributed by atoms with Gasteiger partial charge in [-0.15, -0.1) is 0 Å². The molecule has 0 saturated carbocycles. The Morgan fingerprint density at radius 1 is 1.43 bits per heavy atom. The quantitative estimate of drug-likeness (QED) is 0.883. The number of fused-ring (bicyclic) bond motifs is 1. The zero-order valence-electron chi connectivity index (χ0n) is 12.3.